The Labute approximate surface area is 117 Å². The third-order valence-corrected chi connectivity index (χ3v) is 4.86. The third-order valence-electron chi connectivity index (χ3n) is 4.86. The first-order valence-corrected chi connectivity index (χ1v) is 7.69. The van der Waals surface area contributed by atoms with Gasteiger partial charge < -0.3 is 15.1 Å². The van der Waals surface area contributed by atoms with Crippen LogP contribution in [-0.4, -0.2) is 61.5 Å². The first kappa shape index (κ1) is 14.8. The van der Waals surface area contributed by atoms with E-state index in [-0.39, 0.29) is 5.54 Å². The van der Waals surface area contributed by atoms with Gasteiger partial charge in [-0.2, -0.15) is 0 Å². The molecule has 19 heavy (non-hydrogen) atoms. The maximum atomic E-state index is 12.5. The Bertz CT molecular complexity index is 321. The minimum Gasteiger partial charge on any atom is -0.336 e. The van der Waals surface area contributed by atoms with E-state index in [1.54, 1.807) is 0 Å². The maximum absolute atomic E-state index is 12.5. The summed E-state index contributed by atoms with van der Waals surface area (Å²) in [5.74, 6) is 1.09. The first-order valence-electron chi connectivity index (χ1n) is 7.69. The van der Waals surface area contributed by atoms with Crippen molar-refractivity contribution in [2.75, 3.05) is 40.3 Å². The molecule has 0 aromatic rings. The van der Waals surface area contributed by atoms with Crippen LogP contribution < -0.4 is 5.32 Å². The largest absolute Gasteiger partial charge is 0.336 e. The second-order valence-electron chi connectivity index (χ2n) is 6.63. The molecule has 2 unspecified atom stereocenters. The fourth-order valence-corrected chi connectivity index (χ4v) is 3.74. The summed E-state index contributed by atoms with van der Waals surface area (Å²) in [6.45, 7) is 6.44. The molecule has 2 heterocycles. The van der Waals surface area contributed by atoms with Crippen molar-refractivity contribution in [1.29, 1.82) is 0 Å². The van der Waals surface area contributed by atoms with Crippen molar-refractivity contribution in [3.05, 3.63) is 0 Å². The van der Waals surface area contributed by atoms with Crippen LogP contribution in [0.4, 0.5) is 0 Å². The summed E-state index contributed by atoms with van der Waals surface area (Å²) in [6, 6.07) is 0. The Hall–Kier alpha value is -0.610. The van der Waals surface area contributed by atoms with Gasteiger partial charge in [0, 0.05) is 26.1 Å². The van der Waals surface area contributed by atoms with Crippen LogP contribution in [0.15, 0.2) is 0 Å². The van der Waals surface area contributed by atoms with Gasteiger partial charge in [0.15, 0.2) is 0 Å². The van der Waals surface area contributed by atoms with Crippen LogP contribution in [0.2, 0.25) is 0 Å². The highest BCUT2D eigenvalue weighted by atomic mass is 16.2. The summed E-state index contributed by atoms with van der Waals surface area (Å²) in [5, 5.41) is 3.24. The summed E-state index contributed by atoms with van der Waals surface area (Å²) in [4.78, 5) is 17.0. The maximum Gasteiger partial charge on any atom is 0.223 e. The second-order valence-corrected chi connectivity index (χ2v) is 6.63. The number of nitrogens with one attached hydrogen (secondary N) is 1. The zero-order chi connectivity index (χ0) is 13.9. The van der Waals surface area contributed by atoms with E-state index in [4.69, 9.17) is 0 Å². The number of likely N-dealkylation sites (tertiary alicyclic amines) is 2. The van der Waals surface area contributed by atoms with Gasteiger partial charge in [-0.25, -0.2) is 0 Å². The van der Waals surface area contributed by atoms with Gasteiger partial charge in [-0.05, 0) is 59.2 Å². The van der Waals surface area contributed by atoms with E-state index >= 15 is 0 Å². The van der Waals surface area contributed by atoms with Crippen molar-refractivity contribution >= 4 is 5.91 Å². The van der Waals surface area contributed by atoms with Crippen LogP contribution in [0.5, 0.6) is 0 Å². The molecule has 2 saturated heterocycles. The number of hydrogen-bond acceptors (Lipinski definition) is 3. The summed E-state index contributed by atoms with van der Waals surface area (Å²) in [6.07, 6.45) is 5.34. The van der Waals surface area contributed by atoms with E-state index in [9.17, 15) is 4.79 Å². The Morgan fingerprint density at radius 1 is 1.42 bits per heavy atom. The number of rotatable bonds is 5. The van der Waals surface area contributed by atoms with Crippen LogP contribution in [-0.2, 0) is 4.79 Å². The molecule has 0 spiro atoms. The molecule has 1 N–H and O–H groups in total. The minimum atomic E-state index is 0.0400. The van der Waals surface area contributed by atoms with E-state index in [0.29, 0.717) is 5.91 Å². The van der Waals surface area contributed by atoms with Crippen molar-refractivity contribution < 1.29 is 4.79 Å². The zero-order valence-electron chi connectivity index (χ0n) is 12.7. The zero-order valence-corrected chi connectivity index (χ0v) is 12.7. The van der Waals surface area contributed by atoms with E-state index in [0.717, 1.165) is 44.7 Å². The van der Waals surface area contributed by atoms with E-state index in [2.05, 4.69) is 29.1 Å². The quantitative estimate of drug-likeness (QED) is 0.816. The fourth-order valence-electron chi connectivity index (χ4n) is 3.74. The number of nitrogens with zero attached hydrogens (tertiary/aromatic N) is 2. The van der Waals surface area contributed by atoms with Crippen LogP contribution in [0.25, 0.3) is 0 Å². The summed E-state index contributed by atoms with van der Waals surface area (Å²) < 4.78 is 0. The van der Waals surface area contributed by atoms with Crippen LogP contribution in [0.1, 0.15) is 39.0 Å². The molecular formula is C15H29N3O. The van der Waals surface area contributed by atoms with Gasteiger partial charge in [-0.15, -0.1) is 0 Å². The Morgan fingerprint density at radius 2 is 2.21 bits per heavy atom. The van der Waals surface area contributed by atoms with Crippen LogP contribution in [0, 0.1) is 5.92 Å². The summed E-state index contributed by atoms with van der Waals surface area (Å²) >= 11 is 0. The number of carbonyl (C=O) groups excluding carboxylic acids is 1. The van der Waals surface area contributed by atoms with E-state index < -0.39 is 0 Å². The fraction of sp³-hybridized carbons (Fsp3) is 0.933. The average molecular weight is 267 g/mol. The molecule has 2 atom stereocenters. The van der Waals surface area contributed by atoms with Crippen LogP contribution >= 0.6 is 0 Å². The molecule has 4 heteroatoms. The van der Waals surface area contributed by atoms with Crippen molar-refractivity contribution in [2.45, 2.75) is 44.6 Å². The minimum absolute atomic E-state index is 0.0400. The lowest BCUT2D eigenvalue weighted by Crippen LogP contribution is -2.50. The molecule has 0 saturated carbocycles. The summed E-state index contributed by atoms with van der Waals surface area (Å²) in [7, 11) is 4.15. The van der Waals surface area contributed by atoms with E-state index in [1.165, 1.54) is 19.5 Å². The lowest BCUT2D eigenvalue weighted by molar-refractivity contribution is -0.135. The standard InChI is InChI=1S/C15H29N3O/c1-15(12-16-2)8-4-9-18(15)14(19)6-5-13-7-10-17(3)11-13/h13,16H,4-12H2,1-3H3. The lowest BCUT2D eigenvalue weighted by atomic mass is 9.97. The second kappa shape index (κ2) is 6.23. The molecular weight excluding hydrogens is 238 g/mol. The number of likely N-dealkylation sites (N-methyl/N-ethyl adjacent to an activating group) is 1. The number of amides is 1. The number of carbonyl (C=O) groups is 1. The molecule has 0 bridgehead atoms. The van der Waals surface area contributed by atoms with Gasteiger partial charge in [0.25, 0.3) is 0 Å². The number of hydrogen-bond donors (Lipinski definition) is 1. The molecule has 0 aromatic heterocycles. The van der Waals surface area contributed by atoms with Gasteiger partial charge >= 0.3 is 0 Å². The van der Waals surface area contributed by atoms with Crippen molar-refractivity contribution in [1.82, 2.24) is 15.1 Å². The molecule has 110 valence electrons. The topological polar surface area (TPSA) is 35.6 Å². The molecule has 0 aliphatic carbocycles. The summed E-state index contributed by atoms with van der Waals surface area (Å²) in [5.41, 5.74) is 0.0400. The van der Waals surface area contributed by atoms with E-state index in [1.807, 2.05) is 7.05 Å². The van der Waals surface area contributed by atoms with Crippen molar-refractivity contribution in [3.63, 3.8) is 0 Å². The lowest BCUT2D eigenvalue weighted by Gasteiger charge is -2.35. The Kier molecular flexibility index (Phi) is 4.85. The van der Waals surface area contributed by atoms with Gasteiger partial charge in [-0.3, -0.25) is 4.79 Å². The predicted molar refractivity (Wildman–Crippen MR) is 78.1 cm³/mol. The Balaban J connectivity index is 1.82. The van der Waals surface area contributed by atoms with Gasteiger partial charge in [0.1, 0.15) is 0 Å². The van der Waals surface area contributed by atoms with Crippen molar-refractivity contribution in [2.24, 2.45) is 5.92 Å². The van der Waals surface area contributed by atoms with Crippen LogP contribution in [0.3, 0.4) is 0 Å². The van der Waals surface area contributed by atoms with Gasteiger partial charge in [0.2, 0.25) is 5.91 Å². The Morgan fingerprint density at radius 3 is 2.84 bits per heavy atom. The monoisotopic (exact) mass is 267 g/mol. The van der Waals surface area contributed by atoms with Crippen molar-refractivity contribution in [3.8, 4) is 0 Å². The van der Waals surface area contributed by atoms with Gasteiger partial charge in [-0.1, -0.05) is 0 Å². The third kappa shape index (κ3) is 3.48. The molecule has 4 nitrogen and oxygen atoms in total. The molecule has 2 aliphatic heterocycles. The molecule has 2 rings (SSSR count). The molecule has 2 fully saturated rings. The smallest absolute Gasteiger partial charge is 0.223 e. The molecule has 0 radical (unpaired) electrons. The highest BCUT2D eigenvalue weighted by Crippen LogP contribution is 2.30. The predicted octanol–water partition coefficient (Wildman–Crippen LogP) is 1.32. The average Bonchev–Trinajstić information content (AvgIpc) is 2.93. The highest BCUT2D eigenvalue weighted by molar-refractivity contribution is 5.77. The normalized spacial score (nSPS) is 32.2. The molecule has 0 aromatic carbocycles. The first-order chi connectivity index (χ1) is 9.05. The molecule has 1 amide bonds. The SMILES string of the molecule is CNCC1(C)CCCN1C(=O)CCC1CCN(C)C1. The van der Waals surface area contributed by atoms with Gasteiger partial charge in [0.05, 0.1) is 5.54 Å². The highest BCUT2D eigenvalue weighted by Gasteiger charge is 2.38. The molecule has 2 aliphatic rings.